The van der Waals surface area contributed by atoms with Crippen LogP contribution in [0.2, 0.25) is 0 Å². The lowest BCUT2D eigenvalue weighted by molar-refractivity contribution is -0.945. The SMILES string of the molecule is Cc1ccoc1C(=O)NCC[N+]12CCC(CC1)[C@@H](OC(=O)C(O)(c1ccccc1)c1ccccc1)C2. The molecule has 6 rings (SSSR count). The van der Waals surface area contributed by atoms with Crippen molar-refractivity contribution in [3.8, 4) is 0 Å². The zero-order chi connectivity index (χ0) is 25.2. The largest absolute Gasteiger partial charge is 0.459 e. The quantitative estimate of drug-likeness (QED) is 0.374. The maximum absolute atomic E-state index is 13.6. The van der Waals surface area contributed by atoms with Crippen LogP contribution in [0.15, 0.2) is 77.4 Å². The first-order valence-electron chi connectivity index (χ1n) is 12.6. The van der Waals surface area contributed by atoms with Crippen molar-refractivity contribution >= 4 is 11.9 Å². The second-order valence-electron chi connectivity index (χ2n) is 10.1. The van der Waals surface area contributed by atoms with Crippen LogP contribution in [0.3, 0.4) is 0 Å². The third kappa shape index (κ3) is 4.56. The van der Waals surface area contributed by atoms with E-state index in [-0.39, 0.29) is 17.9 Å². The molecule has 0 spiro atoms. The van der Waals surface area contributed by atoms with Gasteiger partial charge in [0.05, 0.1) is 32.4 Å². The Balaban J connectivity index is 1.28. The molecule has 2 aromatic carbocycles. The molecule has 7 nitrogen and oxygen atoms in total. The lowest BCUT2D eigenvalue weighted by Gasteiger charge is -2.52. The van der Waals surface area contributed by atoms with Gasteiger partial charge in [0.15, 0.2) is 11.9 Å². The van der Waals surface area contributed by atoms with Crippen LogP contribution in [0.25, 0.3) is 0 Å². The third-order valence-corrected chi connectivity index (χ3v) is 7.92. The zero-order valence-corrected chi connectivity index (χ0v) is 20.6. The molecule has 0 unspecified atom stereocenters. The molecule has 2 bridgehead atoms. The van der Waals surface area contributed by atoms with E-state index in [1.54, 1.807) is 30.3 Å². The summed E-state index contributed by atoms with van der Waals surface area (Å²) in [5.74, 6) is -0.217. The molecule has 0 aliphatic carbocycles. The number of quaternary nitrogens is 1. The molecule has 1 atom stereocenters. The fraction of sp³-hybridized carbons (Fsp3) is 0.379. The summed E-state index contributed by atoms with van der Waals surface area (Å²) in [4.78, 5) is 26.1. The highest BCUT2D eigenvalue weighted by Crippen LogP contribution is 2.38. The number of hydrogen-bond acceptors (Lipinski definition) is 5. The van der Waals surface area contributed by atoms with E-state index >= 15 is 0 Å². The van der Waals surface area contributed by atoms with Crippen LogP contribution in [0.5, 0.6) is 0 Å². The van der Waals surface area contributed by atoms with Crippen molar-refractivity contribution in [1.82, 2.24) is 5.32 Å². The number of amides is 1. The number of carbonyl (C=O) groups is 2. The molecule has 1 aromatic heterocycles. The summed E-state index contributed by atoms with van der Waals surface area (Å²) in [7, 11) is 0. The van der Waals surface area contributed by atoms with Crippen LogP contribution >= 0.6 is 0 Å². The first-order valence-corrected chi connectivity index (χ1v) is 12.6. The number of esters is 1. The zero-order valence-electron chi connectivity index (χ0n) is 20.6. The predicted octanol–water partition coefficient (Wildman–Crippen LogP) is 3.41. The molecule has 3 saturated heterocycles. The topological polar surface area (TPSA) is 88.8 Å². The van der Waals surface area contributed by atoms with E-state index in [0.717, 1.165) is 42.5 Å². The summed E-state index contributed by atoms with van der Waals surface area (Å²) in [5.41, 5.74) is -0.0898. The van der Waals surface area contributed by atoms with Gasteiger partial charge < -0.3 is 24.1 Å². The van der Waals surface area contributed by atoms with Gasteiger partial charge in [-0.3, -0.25) is 4.79 Å². The highest BCUT2D eigenvalue weighted by atomic mass is 16.6. The number of piperidine rings is 3. The smallest absolute Gasteiger partial charge is 0.348 e. The molecule has 2 N–H and O–H groups in total. The van der Waals surface area contributed by atoms with Gasteiger partial charge in [0.25, 0.3) is 5.91 Å². The van der Waals surface area contributed by atoms with Crippen LogP contribution in [0, 0.1) is 12.8 Å². The van der Waals surface area contributed by atoms with Crippen molar-refractivity contribution in [3.63, 3.8) is 0 Å². The molecule has 3 aliphatic rings. The number of fused-ring (bicyclic) bond motifs is 3. The molecule has 188 valence electrons. The number of furan rings is 1. The summed E-state index contributed by atoms with van der Waals surface area (Å²) in [5, 5.41) is 14.7. The van der Waals surface area contributed by atoms with Gasteiger partial charge in [0, 0.05) is 24.3 Å². The number of carbonyl (C=O) groups excluding carboxylic acids is 2. The van der Waals surface area contributed by atoms with E-state index in [2.05, 4.69) is 5.32 Å². The van der Waals surface area contributed by atoms with Crippen LogP contribution in [0.4, 0.5) is 0 Å². The monoisotopic (exact) mass is 489 g/mol. The van der Waals surface area contributed by atoms with E-state index in [4.69, 9.17) is 9.15 Å². The van der Waals surface area contributed by atoms with Crippen molar-refractivity contribution in [2.24, 2.45) is 5.92 Å². The average molecular weight is 490 g/mol. The molecule has 0 saturated carbocycles. The van der Waals surface area contributed by atoms with Crippen LogP contribution in [0.1, 0.15) is 40.1 Å². The molecule has 3 aromatic rings. The van der Waals surface area contributed by atoms with Crippen molar-refractivity contribution < 1.29 is 28.3 Å². The number of ether oxygens (including phenoxy) is 1. The number of aryl methyl sites for hydroxylation is 1. The van der Waals surface area contributed by atoms with E-state index in [1.165, 1.54) is 6.26 Å². The normalized spacial score (nSPS) is 23.3. The number of hydrogen-bond donors (Lipinski definition) is 2. The fourth-order valence-corrected chi connectivity index (χ4v) is 5.75. The van der Waals surface area contributed by atoms with Crippen molar-refractivity contribution in [1.29, 1.82) is 0 Å². The Kier molecular flexibility index (Phi) is 6.69. The van der Waals surface area contributed by atoms with Crippen LogP contribution in [-0.2, 0) is 15.1 Å². The molecule has 36 heavy (non-hydrogen) atoms. The van der Waals surface area contributed by atoms with Gasteiger partial charge >= 0.3 is 5.97 Å². The maximum Gasteiger partial charge on any atom is 0.348 e. The molecule has 7 heteroatoms. The first kappa shape index (κ1) is 24.3. The van der Waals surface area contributed by atoms with Crippen molar-refractivity contribution in [3.05, 3.63) is 95.4 Å². The molecule has 1 amide bonds. The Hall–Kier alpha value is -3.42. The molecular weight excluding hydrogens is 456 g/mol. The minimum absolute atomic E-state index is 0.207. The Morgan fingerprint density at radius 1 is 1.03 bits per heavy atom. The second-order valence-corrected chi connectivity index (χ2v) is 10.1. The first-order chi connectivity index (χ1) is 17.4. The minimum Gasteiger partial charge on any atom is -0.459 e. The number of aliphatic hydroxyl groups is 1. The van der Waals surface area contributed by atoms with Crippen molar-refractivity contribution in [2.75, 3.05) is 32.7 Å². The summed E-state index contributed by atoms with van der Waals surface area (Å²) < 4.78 is 12.2. The summed E-state index contributed by atoms with van der Waals surface area (Å²) in [6.45, 7) is 5.80. The third-order valence-electron chi connectivity index (χ3n) is 7.92. The molecule has 4 heterocycles. The maximum atomic E-state index is 13.6. The number of nitrogens with one attached hydrogen (secondary N) is 1. The average Bonchev–Trinajstić information content (AvgIpc) is 3.35. The Morgan fingerprint density at radius 3 is 2.19 bits per heavy atom. The summed E-state index contributed by atoms with van der Waals surface area (Å²) >= 11 is 0. The van der Waals surface area contributed by atoms with Crippen molar-refractivity contribution in [2.45, 2.75) is 31.5 Å². The van der Waals surface area contributed by atoms with Crippen LogP contribution < -0.4 is 5.32 Å². The number of benzene rings is 2. The molecule has 3 fully saturated rings. The van der Waals surface area contributed by atoms with Gasteiger partial charge in [-0.25, -0.2) is 4.79 Å². The van der Waals surface area contributed by atoms with Crippen LogP contribution in [-0.4, -0.2) is 60.3 Å². The van der Waals surface area contributed by atoms with Gasteiger partial charge in [-0.15, -0.1) is 0 Å². The summed E-state index contributed by atoms with van der Waals surface area (Å²) in [6, 6.07) is 19.7. The van der Waals surface area contributed by atoms with Gasteiger partial charge in [-0.1, -0.05) is 60.7 Å². The Morgan fingerprint density at radius 2 is 1.64 bits per heavy atom. The van der Waals surface area contributed by atoms with Gasteiger partial charge in [0.1, 0.15) is 6.54 Å². The summed E-state index contributed by atoms with van der Waals surface area (Å²) in [6.07, 6.45) is 3.16. The standard InChI is InChI=1S/C29H32N2O5/c1-21-14-19-35-26(21)27(32)30-15-18-31-16-12-22(13-17-31)25(20-31)36-28(33)29(34,23-8-4-2-5-9-23)24-10-6-3-7-11-24/h2-11,14,19,22,25,34H,12-13,15-18,20H2,1H3/p+1/t22?,25-,31?/m0/s1. The van der Waals surface area contributed by atoms with E-state index in [1.807, 2.05) is 43.3 Å². The Bertz CT molecular complexity index is 1160. The molecule has 0 radical (unpaired) electrons. The molecule has 3 aliphatic heterocycles. The number of rotatable bonds is 8. The number of nitrogens with zero attached hydrogens (tertiary/aromatic N) is 1. The molecular formula is C29H33N2O5+. The van der Waals surface area contributed by atoms with E-state index in [0.29, 0.717) is 30.0 Å². The highest BCUT2D eigenvalue weighted by molar-refractivity contribution is 5.92. The van der Waals surface area contributed by atoms with Gasteiger partial charge in [-0.05, 0) is 24.1 Å². The predicted molar refractivity (Wildman–Crippen MR) is 134 cm³/mol. The highest BCUT2D eigenvalue weighted by Gasteiger charge is 2.50. The lowest BCUT2D eigenvalue weighted by Crippen LogP contribution is -2.66. The lowest BCUT2D eigenvalue weighted by atomic mass is 9.82. The fourth-order valence-electron chi connectivity index (χ4n) is 5.75. The minimum atomic E-state index is -1.88. The van der Waals surface area contributed by atoms with E-state index < -0.39 is 11.6 Å². The van der Waals surface area contributed by atoms with E-state index in [9.17, 15) is 14.7 Å². The Labute approximate surface area is 211 Å². The second kappa shape index (κ2) is 9.91. The van der Waals surface area contributed by atoms with Gasteiger partial charge in [-0.2, -0.15) is 0 Å². The van der Waals surface area contributed by atoms with Gasteiger partial charge in [0.2, 0.25) is 5.60 Å².